The number of hydrogen-bond acceptors (Lipinski definition) is 18. The van der Waals surface area contributed by atoms with Crippen molar-refractivity contribution >= 4 is 80.2 Å². The third-order valence-electron chi connectivity index (χ3n) is 16.8. The molecule has 0 atom stereocenters. The van der Waals surface area contributed by atoms with Crippen molar-refractivity contribution in [3.8, 4) is 17.2 Å². The zero-order chi connectivity index (χ0) is 69.0. The second-order valence-corrected chi connectivity index (χ2v) is 24.4. The van der Waals surface area contributed by atoms with Gasteiger partial charge >= 0.3 is 12.4 Å². The Morgan fingerprint density at radius 3 is 1.13 bits per heavy atom. The monoisotopic (exact) mass is 1350 g/mol. The summed E-state index contributed by atoms with van der Waals surface area (Å²) < 4.78 is 94.8. The summed E-state index contributed by atoms with van der Waals surface area (Å²) in [5, 5.41) is 21.4. The Labute approximate surface area is 572 Å². The summed E-state index contributed by atoms with van der Waals surface area (Å²) in [4.78, 5) is 33.9. The number of aromatic nitrogens is 6. The molecule has 0 bridgehead atoms. The predicted octanol–water partition coefficient (Wildman–Crippen LogP) is 17.4. The molecule has 0 spiro atoms. The lowest BCUT2D eigenvalue weighted by molar-refractivity contribution is -0.138. The fourth-order valence-corrected chi connectivity index (χ4v) is 11.3. The first-order valence-corrected chi connectivity index (χ1v) is 33.3. The van der Waals surface area contributed by atoms with Crippen molar-refractivity contribution in [1.82, 2.24) is 44.6 Å². The van der Waals surface area contributed by atoms with Gasteiger partial charge in [0.1, 0.15) is 54.5 Å². The number of alkyl halides is 6. The highest BCUT2D eigenvalue weighted by Gasteiger charge is 2.31. The van der Waals surface area contributed by atoms with Crippen LogP contribution in [-0.4, -0.2) is 123 Å². The lowest BCUT2D eigenvalue weighted by Gasteiger charge is -2.15. The summed E-state index contributed by atoms with van der Waals surface area (Å²) in [6.07, 6.45) is 3.99. The summed E-state index contributed by atoms with van der Waals surface area (Å²) in [5.74, 6) is 5.43. The molecule has 6 heterocycles. The van der Waals surface area contributed by atoms with Gasteiger partial charge in [-0.3, -0.25) is 14.7 Å². The van der Waals surface area contributed by atoms with Gasteiger partial charge < -0.3 is 46.1 Å². The van der Waals surface area contributed by atoms with E-state index in [2.05, 4.69) is 102 Å². The largest absolute Gasteiger partial charge is 0.492 e. The molecule has 3 aromatic heterocycles. The topological polar surface area (TPSA) is 187 Å². The number of likely N-dealkylation sites (tertiary alicyclic amines) is 3. The Bertz CT molecular complexity index is 4190. The van der Waals surface area contributed by atoms with Gasteiger partial charge in [-0.2, -0.15) is 41.3 Å². The second kappa shape index (κ2) is 33.8. The van der Waals surface area contributed by atoms with Gasteiger partial charge in [0.25, 0.3) is 0 Å². The van der Waals surface area contributed by atoms with Crippen LogP contribution in [-0.2, 0) is 12.4 Å². The van der Waals surface area contributed by atoms with Crippen LogP contribution < -0.4 is 46.1 Å². The van der Waals surface area contributed by atoms with Gasteiger partial charge in [0, 0.05) is 94.4 Å². The van der Waals surface area contributed by atoms with Crippen molar-refractivity contribution in [1.29, 1.82) is 0 Å². The minimum atomic E-state index is -4.41. The van der Waals surface area contributed by atoms with E-state index in [-0.39, 0.29) is 0 Å². The molecule has 3 aliphatic rings. The maximum Gasteiger partial charge on any atom is 0.416 e. The van der Waals surface area contributed by atoms with Crippen LogP contribution in [0.4, 0.5) is 95.8 Å². The standard InChI is InChI=1S/C27H29N5O.2C24H26F3N5O/c1-20-19-28-27(31-26(20)30-25-10-6-8-21-7-2-3-9-24(21)25)29-22-11-13-23(14-12-22)33-18-17-32-15-4-5-16-32;1-17-16-28-23(31-22(17)29-19-6-4-18(5-7-19)24(25,26)27)30-20-8-10-21(11-9-20)33-15-14-32-12-2-3-13-32;1-17-16-28-23(31-22(17)29-20-6-4-5-18(15-20)24(25,26)27)30-19-7-9-21(10-8-19)33-14-13-32-11-2-3-12-32/h2-3,6-14,19H,4-5,15-18H2,1H3,(H2,28,29,30,31);4-11,16H,2-3,12-15H2,1H3,(H2,28,29,30,31);4-10,15-16H,2-3,11-14H2,1H3,(H2,28,29,30,31). The molecule has 3 saturated heterocycles. The highest BCUT2D eigenvalue weighted by molar-refractivity contribution is 5.95. The molecular weight excluding hydrogens is 1270 g/mol. The lowest BCUT2D eigenvalue weighted by Crippen LogP contribution is -2.25. The van der Waals surface area contributed by atoms with Gasteiger partial charge in [-0.1, -0.05) is 42.5 Å². The molecular formula is C75H81F6N15O3. The summed E-state index contributed by atoms with van der Waals surface area (Å²) >= 11 is 0. The molecule has 3 fully saturated rings. The summed E-state index contributed by atoms with van der Waals surface area (Å²) in [5.41, 5.74) is 5.36. The average Bonchev–Trinajstić information content (AvgIpc) is 1.14. The molecule has 0 unspecified atom stereocenters. The normalized spacial score (nSPS) is 14.2. The number of halogens is 6. The SMILES string of the molecule is Cc1cnc(Nc2ccc(OCCN3CCCC3)cc2)nc1Nc1ccc(C(F)(F)F)cc1.Cc1cnc(Nc2ccc(OCCN3CCCC3)cc2)nc1Nc1cccc(C(F)(F)F)c1.Cc1cnc(Nc2ccc(OCCN3CCCC3)cc2)nc1Nc1cccc2ccccc12. The molecule has 7 aromatic carbocycles. The van der Waals surface area contributed by atoms with Gasteiger partial charge in [0.05, 0.1) is 11.1 Å². The number of fused-ring (bicyclic) bond motifs is 1. The smallest absolute Gasteiger partial charge is 0.416 e. The van der Waals surface area contributed by atoms with Crippen LogP contribution in [0.5, 0.6) is 17.2 Å². The van der Waals surface area contributed by atoms with Gasteiger partial charge in [-0.15, -0.1) is 0 Å². The molecule has 6 N–H and O–H groups in total. The van der Waals surface area contributed by atoms with Crippen LogP contribution in [0.2, 0.25) is 0 Å². The molecule has 3 aliphatic heterocycles. The Kier molecular flexibility index (Phi) is 23.9. The van der Waals surface area contributed by atoms with Crippen LogP contribution in [0.3, 0.4) is 0 Å². The van der Waals surface area contributed by atoms with Crippen LogP contribution in [0.15, 0.2) is 182 Å². The number of nitrogens with one attached hydrogen (secondary N) is 6. The quantitative estimate of drug-likeness (QED) is 0.0313. The van der Waals surface area contributed by atoms with Crippen molar-refractivity contribution in [3.63, 3.8) is 0 Å². The van der Waals surface area contributed by atoms with E-state index in [0.717, 1.165) is 139 Å². The molecule has 24 heteroatoms. The first-order valence-electron chi connectivity index (χ1n) is 33.3. The molecule has 18 nitrogen and oxygen atoms in total. The van der Waals surface area contributed by atoms with Gasteiger partial charge in [-0.25, -0.2) is 15.0 Å². The molecule has 0 amide bonds. The predicted molar refractivity (Wildman–Crippen MR) is 380 cm³/mol. The Morgan fingerprint density at radius 1 is 0.364 bits per heavy atom. The lowest BCUT2D eigenvalue weighted by atomic mass is 10.1. The third kappa shape index (κ3) is 21.1. The molecule has 99 heavy (non-hydrogen) atoms. The number of benzene rings is 7. The van der Waals surface area contributed by atoms with E-state index in [9.17, 15) is 26.3 Å². The van der Waals surface area contributed by atoms with E-state index in [1.807, 2.05) is 105 Å². The van der Waals surface area contributed by atoms with Crippen LogP contribution in [0.1, 0.15) is 66.3 Å². The van der Waals surface area contributed by atoms with Crippen molar-refractivity contribution in [2.24, 2.45) is 0 Å². The van der Waals surface area contributed by atoms with E-state index >= 15 is 0 Å². The Morgan fingerprint density at radius 2 is 0.717 bits per heavy atom. The van der Waals surface area contributed by atoms with E-state index in [1.165, 1.54) is 75.2 Å². The molecule has 0 aliphatic carbocycles. The van der Waals surface area contributed by atoms with Crippen LogP contribution in [0, 0.1) is 20.8 Å². The van der Waals surface area contributed by atoms with Gasteiger partial charge in [0.15, 0.2) is 0 Å². The Balaban J connectivity index is 0.000000150. The van der Waals surface area contributed by atoms with E-state index in [1.54, 1.807) is 25.4 Å². The van der Waals surface area contributed by atoms with Crippen LogP contribution in [0.25, 0.3) is 10.8 Å². The number of ether oxygens (including phenoxy) is 3. The third-order valence-corrected chi connectivity index (χ3v) is 16.8. The molecule has 0 radical (unpaired) electrons. The Hall–Kier alpha value is -10.3. The van der Waals surface area contributed by atoms with Gasteiger partial charge in [-0.05, 0) is 225 Å². The number of rotatable bonds is 24. The minimum Gasteiger partial charge on any atom is -0.492 e. The van der Waals surface area contributed by atoms with E-state index < -0.39 is 23.5 Å². The molecule has 10 aromatic rings. The maximum atomic E-state index is 13.0. The first-order chi connectivity index (χ1) is 48.0. The minimum absolute atomic E-state index is 0.299. The highest BCUT2D eigenvalue weighted by atomic mass is 19.4. The molecule has 0 saturated carbocycles. The van der Waals surface area contributed by atoms with Crippen molar-refractivity contribution < 1.29 is 40.6 Å². The molecule has 516 valence electrons. The zero-order valence-electron chi connectivity index (χ0n) is 55.6. The highest BCUT2D eigenvalue weighted by Crippen LogP contribution is 2.34. The number of anilines is 12. The number of aryl methyl sites for hydroxylation is 3. The fourth-order valence-electron chi connectivity index (χ4n) is 11.3. The number of hydrogen-bond donors (Lipinski definition) is 6. The second-order valence-electron chi connectivity index (χ2n) is 24.4. The number of nitrogens with zero attached hydrogens (tertiary/aromatic N) is 9. The van der Waals surface area contributed by atoms with Crippen molar-refractivity contribution in [2.75, 3.05) is 111 Å². The van der Waals surface area contributed by atoms with Crippen molar-refractivity contribution in [2.45, 2.75) is 71.6 Å². The van der Waals surface area contributed by atoms with E-state index in [0.29, 0.717) is 59.6 Å². The zero-order valence-corrected chi connectivity index (χ0v) is 55.6. The van der Waals surface area contributed by atoms with Crippen molar-refractivity contribution in [3.05, 3.63) is 210 Å². The maximum absolute atomic E-state index is 13.0. The fraction of sp³-hybridized carbons (Fsp3) is 0.307. The summed E-state index contributed by atoms with van der Waals surface area (Å²) in [6.45, 7) is 17.5. The first kappa shape index (κ1) is 70.0. The van der Waals surface area contributed by atoms with Gasteiger partial charge in [0.2, 0.25) is 17.8 Å². The average molecular weight is 1350 g/mol. The van der Waals surface area contributed by atoms with Crippen LogP contribution >= 0.6 is 0 Å². The molecule has 13 rings (SSSR count). The van der Waals surface area contributed by atoms with E-state index in [4.69, 9.17) is 19.2 Å². The summed E-state index contributed by atoms with van der Waals surface area (Å²) in [7, 11) is 0. The summed E-state index contributed by atoms with van der Waals surface area (Å²) in [6, 6.07) is 47.4.